The van der Waals surface area contributed by atoms with E-state index >= 15 is 0 Å². The summed E-state index contributed by atoms with van der Waals surface area (Å²) >= 11 is 0. The molecule has 0 fully saturated rings. The van der Waals surface area contributed by atoms with Crippen molar-refractivity contribution in [1.29, 1.82) is 0 Å². The van der Waals surface area contributed by atoms with Crippen molar-refractivity contribution in [2.45, 2.75) is 26.2 Å². The minimum absolute atomic E-state index is 0.145. The first-order valence-electron chi connectivity index (χ1n) is 9.76. The van der Waals surface area contributed by atoms with Crippen LogP contribution in [-0.2, 0) is 4.79 Å². The molecule has 4 nitrogen and oxygen atoms in total. The van der Waals surface area contributed by atoms with E-state index in [0.29, 0.717) is 11.3 Å². The minimum atomic E-state index is -0.989. The topological polar surface area (TPSA) is 63.6 Å². The molecular formula is C25H22O4. The van der Waals surface area contributed by atoms with Gasteiger partial charge in [-0.15, -0.1) is 0 Å². The number of carbonyl (C=O) groups is 2. The number of fused-ring (bicyclic) bond motifs is 1. The van der Waals surface area contributed by atoms with Gasteiger partial charge in [0, 0.05) is 5.39 Å². The number of ether oxygens (including phenoxy) is 1. The molecule has 1 aliphatic carbocycles. The zero-order valence-corrected chi connectivity index (χ0v) is 16.2. The predicted molar refractivity (Wildman–Crippen MR) is 113 cm³/mol. The van der Waals surface area contributed by atoms with Gasteiger partial charge in [0.25, 0.3) is 0 Å². The van der Waals surface area contributed by atoms with Gasteiger partial charge in [-0.25, -0.2) is 4.79 Å². The summed E-state index contributed by atoms with van der Waals surface area (Å²) in [6.07, 6.45) is 4.56. The van der Waals surface area contributed by atoms with Gasteiger partial charge in [-0.05, 0) is 54.8 Å². The van der Waals surface area contributed by atoms with Crippen LogP contribution in [0.15, 0.2) is 72.3 Å². The van der Waals surface area contributed by atoms with Crippen LogP contribution >= 0.6 is 0 Å². The third-order valence-electron chi connectivity index (χ3n) is 5.43. The molecule has 29 heavy (non-hydrogen) atoms. The highest BCUT2D eigenvalue weighted by molar-refractivity contribution is 6.06. The Labute approximate surface area is 169 Å². The standard InChI is InChI=1S/C25H22O4/c1-16-7-4-10-18(15-16)25(28)29-22-14-6-9-17-8-5-13-20(23(17)22)19-11-2-3-12-21(19)24(26)27/h2-3,5-9,11-14,18H,4,10,15H2,1H3,(H,26,27). The molecule has 4 heteroatoms. The monoisotopic (exact) mass is 386 g/mol. The molecule has 1 aliphatic rings. The maximum absolute atomic E-state index is 12.8. The zero-order valence-electron chi connectivity index (χ0n) is 16.2. The van der Waals surface area contributed by atoms with Crippen LogP contribution in [0.2, 0.25) is 0 Å². The van der Waals surface area contributed by atoms with E-state index < -0.39 is 5.97 Å². The first kappa shape index (κ1) is 18.9. The van der Waals surface area contributed by atoms with Crippen LogP contribution in [0, 0.1) is 5.92 Å². The van der Waals surface area contributed by atoms with Gasteiger partial charge >= 0.3 is 11.9 Å². The molecule has 0 saturated carbocycles. The molecule has 1 unspecified atom stereocenters. The average Bonchev–Trinajstić information content (AvgIpc) is 2.73. The van der Waals surface area contributed by atoms with Crippen LogP contribution in [0.25, 0.3) is 21.9 Å². The van der Waals surface area contributed by atoms with Crippen LogP contribution in [0.5, 0.6) is 5.75 Å². The summed E-state index contributed by atoms with van der Waals surface area (Å²) in [5.74, 6) is -0.896. The first-order valence-corrected chi connectivity index (χ1v) is 9.76. The molecule has 146 valence electrons. The molecule has 3 aromatic carbocycles. The fourth-order valence-corrected chi connectivity index (χ4v) is 4.02. The maximum atomic E-state index is 12.8. The van der Waals surface area contributed by atoms with Crippen molar-refractivity contribution in [3.05, 3.63) is 77.9 Å². The number of carboxylic acid groups (broad SMARTS) is 1. The van der Waals surface area contributed by atoms with E-state index in [0.717, 1.165) is 35.6 Å². The normalized spacial score (nSPS) is 16.3. The van der Waals surface area contributed by atoms with Crippen molar-refractivity contribution in [1.82, 2.24) is 0 Å². The molecule has 0 amide bonds. The third-order valence-corrected chi connectivity index (χ3v) is 5.43. The smallest absolute Gasteiger partial charge is 0.336 e. The summed E-state index contributed by atoms with van der Waals surface area (Å²) in [4.78, 5) is 24.6. The second kappa shape index (κ2) is 7.92. The highest BCUT2D eigenvalue weighted by Gasteiger charge is 2.24. The quantitative estimate of drug-likeness (QED) is 0.347. The van der Waals surface area contributed by atoms with Gasteiger partial charge in [0.05, 0.1) is 11.5 Å². The lowest BCUT2D eigenvalue weighted by molar-refractivity contribution is -0.139. The fourth-order valence-electron chi connectivity index (χ4n) is 4.02. The lowest BCUT2D eigenvalue weighted by Gasteiger charge is -2.20. The second-order valence-electron chi connectivity index (χ2n) is 7.46. The number of esters is 1. The van der Waals surface area contributed by atoms with Crippen LogP contribution < -0.4 is 4.74 Å². The van der Waals surface area contributed by atoms with Crippen molar-refractivity contribution in [2.75, 3.05) is 0 Å². The number of benzene rings is 3. The van der Waals surface area contributed by atoms with Gasteiger partial charge in [0.15, 0.2) is 0 Å². The molecule has 1 atom stereocenters. The highest BCUT2D eigenvalue weighted by atomic mass is 16.5. The molecule has 0 heterocycles. The van der Waals surface area contributed by atoms with Gasteiger partial charge in [0.2, 0.25) is 0 Å². The number of hydrogen-bond acceptors (Lipinski definition) is 3. The molecule has 0 radical (unpaired) electrons. The van der Waals surface area contributed by atoms with E-state index in [9.17, 15) is 14.7 Å². The Bertz CT molecular complexity index is 1120. The molecule has 4 rings (SSSR count). The second-order valence-corrected chi connectivity index (χ2v) is 7.46. The lowest BCUT2D eigenvalue weighted by atomic mass is 9.89. The Kier molecular flexibility index (Phi) is 5.17. The van der Waals surface area contributed by atoms with E-state index in [1.54, 1.807) is 24.3 Å². The molecular weight excluding hydrogens is 364 g/mol. The number of allylic oxidation sites excluding steroid dienone is 2. The largest absolute Gasteiger partial charge is 0.478 e. The molecule has 1 N–H and O–H groups in total. The average molecular weight is 386 g/mol. The Morgan fingerprint density at radius 1 is 0.966 bits per heavy atom. The Balaban J connectivity index is 1.80. The molecule has 0 saturated heterocycles. The summed E-state index contributed by atoms with van der Waals surface area (Å²) < 4.78 is 5.86. The first-order chi connectivity index (χ1) is 14.0. The van der Waals surface area contributed by atoms with Crippen molar-refractivity contribution >= 4 is 22.7 Å². The number of carbonyl (C=O) groups excluding carboxylic acids is 1. The predicted octanol–water partition coefficient (Wildman–Crippen LogP) is 5.86. The summed E-state index contributed by atoms with van der Waals surface area (Å²) in [5, 5.41) is 11.3. The third kappa shape index (κ3) is 3.79. The molecule has 3 aromatic rings. The summed E-state index contributed by atoms with van der Waals surface area (Å²) in [6.45, 7) is 2.04. The molecule has 0 spiro atoms. The van der Waals surface area contributed by atoms with Gasteiger partial charge in [-0.3, -0.25) is 4.79 Å². The zero-order chi connectivity index (χ0) is 20.4. The van der Waals surface area contributed by atoms with Crippen LogP contribution in [0.4, 0.5) is 0 Å². The highest BCUT2D eigenvalue weighted by Crippen LogP contribution is 2.37. The number of rotatable bonds is 4. The van der Waals surface area contributed by atoms with Gasteiger partial charge in [-0.1, -0.05) is 60.2 Å². The van der Waals surface area contributed by atoms with Crippen molar-refractivity contribution in [2.24, 2.45) is 5.92 Å². The van der Waals surface area contributed by atoms with E-state index in [1.165, 1.54) is 5.57 Å². The van der Waals surface area contributed by atoms with Crippen molar-refractivity contribution < 1.29 is 19.4 Å². The van der Waals surface area contributed by atoms with Crippen LogP contribution in [-0.4, -0.2) is 17.0 Å². The number of hydrogen-bond donors (Lipinski definition) is 1. The lowest BCUT2D eigenvalue weighted by Crippen LogP contribution is -2.22. The summed E-state index contributed by atoms with van der Waals surface area (Å²) in [6, 6.07) is 18.1. The Morgan fingerprint density at radius 2 is 1.69 bits per heavy atom. The van der Waals surface area contributed by atoms with Crippen LogP contribution in [0.3, 0.4) is 0 Å². The fraction of sp³-hybridized carbons (Fsp3) is 0.200. The summed E-state index contributed by atoms with van der Waals surface area (Å²) in [5.41, 5.74) is 2.77. The van der Waals surface area contributed by atoms with Gasteiger partial charge < -0.3 is 9.84 Å². The molecule has 0 bridgehead atoms. The molecule has 0 aliphatic heterocycles. The van der Waals surface area contributed by atoms with E-state index in [2.05, 4.69) is 6.08 Å². The van der Waals surface area contributed by atoms with E-state index in [1.807, 2.05) is 43.3 Å². The van der Waals surface area contributed by atoms with E-state index in [4.69, 9.17) is 4.74 Å². The van der Waals surface area contributed by atoms with Gasteiger partial charge in [0.1, 0.15) is 5.75 Å². The number of aromatic carboxylic acids is 1. The Morgan fingerprint density at radius 3 is 2.45 bits per heavy atom. The minimum Gasteiger partial charge on any atom is -0.478 e. The summed E-state index contributed by atoms with van der Waals surface area (Å²) in [7, 11) is 0. The SMILES string of the molecule is CC1=CCCC(C(=O)Oc2cccc3cccc(-c4ccccc4C(=O)O)c23)C1. The van der Waals surface area contributed by atoms with Crippen molar-refractivity contribution in [3.8, 4) is 16.9 Å². The van der Waals surface area contributed by atoms with Crippen LogP contribution in [0.1, 0.15) is 36.5 Å². The Hall–Kier alpha value is -3.40. The number of carboxylic acids is 1. The van der Waals surface area contributed by atoms with Gasteiger partial charge in [-0.2, -0.15) is 0 Å². The van der Waals surface area contributed by atoms with E-state index in [-0.39, 0.29) is 17.5 Å². The molecule has 0 aromatic heterocycles. The maximum Gasteiger partial charge on any atom is 0.336 e. The van der Waals surface area contributed by atoms with Crippen molar-refractivity contribution in [3.63, 3.8) is 0 Å².